The summed E-state index contributed by atoms with van der Waals surface area (Å²) in [6.45, 7) is 3.26. The average molecular weight is 178 g/mol. The summed E-state index contributed by atoms with van der Waals surface area (Å²) in [5.74, 6) is -1.59. The van der Waals surface area contributed by atoms with Crippen LogP contribution in [0.3, 0.4) is 0 Å². The lowest BCUT2D eigenvalue weighted by Gasteiger charge is -2.13. The summed E-state index contributed by atoms with van der Waals surface area (Å²) < 4.78 is 5.09. The van der Waals surface area contributed by atoms with E-state index in [1.807, 2.05) is 13.0 Å². The first-order valence-corrected chi connectivity index (χ1v) is 4.07. The fourth-order valence-corrected chi connectivity index (χ4v) is 1.41. The largest absolute Gasteiger partial charge is 0.454 e. The van der Waals surface area contributed by atoms with E-state index in [1.165, 1.54) is 6.92 Å². The number of Topliss-reactive ketones (excluding diaryl/α,β-unsaturated/α-hetero) is 1. The molecule has 3 heteroatoms. The standard InChI is InChI=1S/C10H10O3/c1-6-3-4-7-8(5-6)13-10(2,12)9(7)11/h3-5,12H,1-2H3/t10-/m1/s1. The molecule has 0 spiro atoms. The lowest BCUT2D eigenvalue weighted by molar-refractivity contribution is -0.0749. The van der Waals surface area contributed by atoms with Gasteiger partial charge in [-0.3, -0.25) is 4.79 Å². The van der Waals surface area contributed by atoms with Gasteiger partial charge in [0.2, 0.25) is 5.78 Å². The van der Waals surface area contributed by atoms with Crippen LogP contribution in [0.5, 0.6) is 5.75 Å². The van der Waals surface area contributed by atoms with E-state index in [0.717, 1.165) is 5.56 Å². The van der Waals surface area contributed by atoms with Crippen molar-refractivity contribution in [3.8, 4) is 5.75 Å². The molecular formula is C10H10O3. The average Bonchev–Trinajstić information content (AvgIpc) is 2.22. The minimum Gasteiger partial charge on any atom is -0.454 e. The van der Waals surface area contributed by atoms with E-state index < -0.39 is 5.79 Å². The molecule has 3 nitrogen and oxygen atoms in total. The Balaban J connectivity index is 2.57. The maximum atomic E-state index is 11.5. The lowest BCUT2D eigenvalue weighted by Crippen LogP contribution is -2.35. The molecule has 0 unspecified atom stereocenters. The first kappa shape index (κ1) is 8.26. The first-order valence-electron chi connectivity index (χ1n) is 4.07. The number of rotatable bonds is 0. The highest BCUT2D eigenvalue weighted by molar-refractivity contribution is 6.06. The van der Waals surface area contributed by atoms with E-state index in [2.05, 4.69) is 0 Å². The van der Waals surface area contributed by atoms with Gasteiger partial charge in [-0.15, -0.1) is 0 Å². The van der Waals surface area contributed by atoms with Crippen LogP contribution in [0.2, 0.25) is 0 Å². The van der Waals surface area contributed by atoms with Crippen LogP contribution in [0.15, 0.2) is 18.2 Å². The summed E-state index contributed by atoms with van der Waals surface area (Å²) in [6.07, 6.45) is 0. The minimum atomic E-state index is -1.68. The van der Waals surface area contributed by atoms with E-state index in [9.17, 15) is 9.90 Å². The van der Waals surface area contributed by atoms with Gasteiger partial charge in [0.05, 0.1) is 5.56 Å². The van der Waals surface area contributed by atoms with E-state index in [0.29, 0.717) is 11.3 Å². The number of carbonyl (C=O) groups is 1. The number of ketones is 1. The van der Waals surface area contributed by atoms with Gasteiger partial charge in [0.25, 0.3) is 5.79 Å². The predicted octanol–water partition coefficient (Wildman–Crippen LogP) is 1.28. The van der Waals surface area contributed by atoms with Crippen molar-refractivity contribution in [1.29, 1.82) is 0 Å². The summed E-state index contributed by atoms with van der Waals surface area (Å²) in [5.41, 5.74) is 1.46. The Hall–Kier alpha value is -1.35. The smallest absolute Gasteiger partial charge is 0.269 e. The Labute approximate surface area is 76.0 Å². The lowest BCUT2D eigenvalue weighted by atomic mass is 10.1. The minimum absolute atomic E-state index is 0.373. The van der Waals surface area contributed by atoms with Gasteiger partial charge in [0, 0.05) is 6.92 Å². The third-order valence-electron chi connectivity index (χ3n) is 2.11. The van der Waals surface area contributed by atoms with Crippen molar-refractivity contribution in [2.75, 3.05) is 0 Å². The third kappa shape index (κ3) is 1.12. The van der Waals surface area contributed by atoms with Gasteiger partial charge in [-0.2, -0.15) is 0 Å². The second kappa shape index (κ2) is 2.33. The van der Waals surface area contributed by atoms with Crippen LogP contribution in [-0.4, -0.2) is 16.7 Å². The van der Waals surface area contributed by atoms with Crippen molar-refractivity contribution in [1.82, 2.24) is 0 Å². The quantitative estimate of drug-likeness (QED) is 0.651. The molecule has 1 aliphatic rings. The molecule has 13 heavy (non-hydrogen) atoms. The Bertz CT molecular complexity index is 380. The van der Waals surface area contributed by atoms with Gasteiger partial charge in [0.1, 0.15) is 5.75 Å². The molecule has 1 aromatic rings. The zero-order valence-corrected chi connectivity index (χ0v) is 7.50. The summed E-state index contributed by atoms with van der Waals surface area (Å²) >= 11 is 0. The van der Waals surface area contributed by atoms with Crippen molar-refractivity contribution in [3.05, 3.63) is 29.3 Å². The highest BCUT2D eigenvalue weighted by atomic mass is 16.6. The Morgan fingerprint density at radius 3 is 2.85 bits per heavy atom. The highest BCUT2D eigenvalue weighted by Crippen LogP contribution is 2.33. The van der Waals surface area contributed by atoms with Gasteiger partial charge >= 0.3 is 0 Å². The molecule has 0 amide bonds. The van der Waals surface area contributed by atoms with Crippen LogP contribution >= 0.6 is 0 Å². The number of aliphatic hydroxyl groups is 1. The normalized spacial score (nSPS) is 25.6. The molecule has 0 radical (unpaired) electrons. The van der Waals surface area contributed by atoms with Crippen LogP contribution < -0.4 is 4.74 Å². The molecule has 0 bridgehead atoms. The number of benzene rings is 1. The highest BCUT2D eigenvalue weighted by Gasteiger charge is 2.41. The zero-order valence-electron chi connectivity index (χ0n) is 7.50. The van der Waals surface area contributed by atoms with Crippen LogP contribution in [0.25, 0.3) is 0 Å². The van der Waals surface area contributed by atoms with Crippen molar-refractivity contribution >= 4 is 5.78 Å². The fraction of sp³-hybridized carbons (Fsp3) is 0.300. The molecule has 0 saturated heterocycles. The Morgan fingerprint density at radius 2 is 2.15 bits per heavy atom. The second-order valence-electron chi connectivity index (χ2n) is 3.41. The maximum Gasteiger partial charge on any atom is 0.269 e. The van der Waals surface area contributed by atoms with E-state index >= 15 is 0 Å². The maximum absolute atomic E-state index is 11.5. The summed E-state index contributed by atoms with van der Waals surface area (Å²) in [5, 5.41) is 9.50. The third-order valence-corrected chi connectivity index (χ3v) is 2.11. The van der Waals surface area contributed by atoms with Crippen molar-refractivity contribution in [3.63, 3.8) is 0 Å². The number of fused-ring (bicyclic) bond motifs is 1. The Morgan fingerprint density at radius 1 is 1.46 bits per heavy atom. The van der Waals surface area contributed by atoms with Crippen molar-refractivity contribution in [2.24, 2.45) is 0 Å². The second-order valence-corrected chi connectivity index (χ2v) is 3.41. The monoisotopic (exact) mass is 178 g/mol. The van der Waals surface area contributed by atoms with E-state index in [1.54, 1.807) is 12.1 Å². The van der Waals surface area contributed by atoms with Crippen molar-refractivity contribution in [2.45, 2.75) is 19.6 Å². The number of hydrogen-bond acceptors (Lipinski definition) is 3. The topological polar surface area (TPSA) is 46.5 Å². The molecule has 1 N–H and O–H groups in total. The fourth-order valence-electron chi connectivity index (χ4n) is 1.41. The molecule has 0 fully saturated rings. The molecule has 2 rings (SSSR count). The van der Waals surface area contributed by atoms with Gasteiger partial charge in [-0.1, -0.05) is 6.07 Å². The number of carbonyl (C=O) groups excluding carboxylic acids is 1. The molecule has 1 heterocycles. The van der Waals surface area contributed by atoms with Crippen LogP contribution in [0.4, 0.5) is 0 Å². The summed E-state index contributed by atoms with van der Waals surface area (Å²) in [6, 6.07) is 5.24. The molecule has 1 atom stereocenters. The Kier molecular flexibility index (Phi) is 1.48. The van der Waals surface area contributed by atoms with Gasteiger partial charge in [-0.25, -0.2) is 0 Å². The summed E-state index contributed by atoms with van der Waals surface area (Å²) in [4.78, 5) is 11.5. The van der Waals surface area contributed by atoms with E-state index in [4.69, 9.17) is 4.74 Å². The number of hydrogen-bond donors (Lipinski definition) is 1. The van der Waals surface area contributed by atoms with Gasteiger partial charge in [0.15, 0.2) is 0 Å². The zero-order chi connectivity index (χ0) is 9.64. The van der Waals surface area contributed by atoms with Crippen molar-refractivity contribution < 1.29 is 14.6 Å². The number of aryl methyl sites for hydroxylation is 1. The number of ether oxygens (including phenoxy) is 1. The molecule has 0 saturated carbocycles. The van der Waals surface area contributed by atoms with Crippen LogP contribution in [0, 0.1) is 6.92 Å². The molecule has 1 aromatic carbocycles. The SMILES string of the molecule is Cc1ccc2c(c1)O[C@@](C)(O)C2=O. The molecule has 1 aliphatic heterocycles. The van der Waals surface area contributed by atoms with Crippen LogP contribution in [-0.2, 0) is 0 Å². The van der Waals surface area contributed by atoms with E-state index in [-0.39, 0.29) is 5.78 Å². The van der Waals surface area contributed by atoms with Gasteiger partial charge in [-0.05, 0) is 24.6 Å². The molecule has 0 aliphatic carbocycles. The van der Waals surface area contributed by atoms with Crippen LogP contribution in [0.1, 0.15) is 22.8 Å². The molecular weight excluding hydrogens is 168 g/mol. The van der Waals surface area contributed by atoms with Gasteiger partial charge < -0.3 is 9.84 Å². The molecule has 0 aromatic heterocycles. The predicted molar refractivity (Wildman–Crippen MR) is 46.8 cm³/mol. The molecule has 68 valence electrons. The first-order chi connectivity index (χ1) is 6.00. The summed E-state index contributed by atoms with van der Waals surface area (Å²) in [7, 11) is 0.